The van der Waals surface area contributed by atoms with E-state index in [2.05, 4.69) is 62.4 Å². The molecular formula is C18H14AsClN. The monoisotopic (exact) mass is 354 g/mol. The Bertz CT molecular complexity index is 872. The Balaban J connectivity index is 2.05. The molecule has 0 aromatic heterocycles. The first-order valence-corrected chi connectivity index (χ1v) is 9.18. The van der Waals surface area contributed by atoms with Gasteiger partial charge in [0.25, 0.3) is 0 Å². The van der Waals surface area contributed by atoms with Gasteiger partial charge in [0.05, 0.1) is 0 Å². The first-order valence-electron chi connectivity index (χ1n) is 6.96. The summed E-state index contributed by atoms with van der Waals surface area (Å²) in [5, 5.41) is 2.49. The van der Waals surface area contributed by atoms with Crippen LogP contribution in [0.4, 0.5) is 11.4 Å². The van der Waals surface area contributed by atoms with Gasteiger partial charge in [-0.15, -0.1) is 0 Å². The van der Waals surface area contributed by atoms with Gasteiger partial charge in [-0.05, 0) is 0 Å². The molecule has 3 heteroatoms. The molecule has 0 amide bonds. The zero-order valence-electron chi connectivity index (χ0n) is 11.9. The number of rotatable bonds is 0. The van der Waals surface area contributed by atoms with Gasteiger partial charge in [-0.25, -0.2) is 0 Å². The Hall–Kier alpha value is -1.43. The summed E-state index contributed by atoms with van der Waals surface area (Å²) in [7, 11) is 0. The molecule has 0 bridgehead atoms. The van der Waals surface area contributed by atoms with E-state index in [0.29, 0.717) is 0 Å². The summed E-state index contributed by atoms with van der Waals surface area (Å²) in [5.41, 5.74) is 4.97. The number of hydrogen-bond acceptors (Lipinski definition) is 1. The predicted molar refractivity (Wildman–Crippen MR) is 92.9 cm³/mol. The number of nitrogens with zero attached hydrogens (tertiary/aromatic N) is 1. The molecule has 3 aromatic rings. The van der Waals surface area contributed by atoms with Crippen LogP contribution < -0.4 is 13.1 Å². The van der Waals surface area contributed by atoms with Gasteiger partial charge in [0.15, 0.2) is 0 Å². The Morgan fingerprint density at radius 3 is 2.48 bits per heavy atom. The number of fused-ring (bicyclic) bond motifs is 4. The predicted octanol–water partition coefficient (Wildman–Crippen LogP) is 3.72. The zero-order valence-corrected chi connectivity index (χ0v) is 14.5. The van der Waals surface area contributed by atoms with E-state index in [4.69, 9.17) is 11.8 Å². The minimum atomic E-state index is -0.0226. The van der Waals surface area contributed by atoms with E-state index in [9.17, 15) is 0 Å². The molecule has 4 rings (SSSR count). The molecule has 0 fully saturated rings. The van der Waals surface area contributed by atoms with E-state index in [0.717, 1.165) is 0 Å². The SMILES string of the molecule is Cc1ccc(C)c2c1[As]c1ccc3ccccc3c1N2Cl. The summed E-state index contributed by atoms with van der Waals surface area (Å²) in [6.07, 6.45) is 0. The zero-order chi connectivity index (χ0) is 14.6. The molecule has 3 aromatic carbocycles. The average Bonchev–Trinajstić information content (AvgIpc) is 2.50. The van der Waals surface area contributed by atoms with Gasteiger partial charge in [0, 0.05) is 0 Å². The van der Waals surface area contributed by atoms with Crippen LogP contribution in [0.25, 0.3) is 10.8 Å². The van der Waals surface area contributed by atoms with Crippen molar-refractivity contribution in [3.63, 3.8) is 0 Å². The fourth-order valence-electron chi connectivity index (χ4n) is 2.94. The summed E-state index contributed by atoms with van der Waals surface area (Å²) in [4.78, 5) is 0. The van der Waals surface area contributed by atoms with Crippen LogP contribution in [0.2, 0.25) is 0 Å². The van der Waals surface area contributed by atoms with Crippen molar-refractivity contribution in [1.29, 1.82) is 0 Å². The van der Waals surface area contributed by atoms with Gasteiger partial charge >= 0.3 is 136 Å². The first kappa shape index (κ1) is 13.2. The standard InChI is InChI=1S/C18H14AsClN/c1-11-7-8-12(2)17-16(11)19-15-10-9-13-5-3-4-6-14(13)18(15)21(17)20/h3-10H,1-2H3. The number of aryl methyl sites for hydroxylation is 2. The second kappa shape index (κ2) is 4.80. The summed E-state index contributed by atoms with van der Waals surface area (Å²) < 4.78 is 4.71. The third kappa shape index (κ3) is 1.92. The molecule has 0 unspecified atom stereocenters. The van der Waals surface area contributed by atoms with E-state index >= 15 is 0 Å². The van der Waals surface area contributed by atoms with Gasteiger partial charge in [-0.2, -0.15) is 0 Å². The Morgan fingerprint density at radius 2 is 1.62 bits per heavy atom. The molecule has 0 spiro atoms. The van der Waals surface area contributed by atoms with Crippen LogP contribution >= 0.6 is 11.8 Å². The molecule has 1 nitrogen and oxygen atoms in total. The van der Waals surface area contributed by atoms with Crippen molar-refractivity contribution >= 4 is 58.4 Å². The molecule has 0 saturated heterocycles. The van der Waals surface area contributed by atoms with Crippen molar-refractivity contribution in [1.82, 2.24) is 0 Å². The fourth-order valence-corrected chi connectivity index (χ4v) is 6.43. The Labute approximate surface area is 136 Å². The molecular weight excluding hydrogens is 341 g/mol. The number of anilines is 2. The third-order valence-electron chi connectivity index (χ3n) is 4.06. The van der Waals surface area contributed by atoms with E-state index in [-0.39, 0.29) is 15.8 Å². The topological polar surface area (TPSA) is 3.24 Å². The minimum absolute atomic E-state index is 0.0226. The maximum atomic E-state index is 6.78. The van der Waals surface area contributed by atoms with Crippen LogP contribution in [0, 0.1) is 13.8 Å². The maximum absolute atomic E-state index is 6.78. The van der Waals surface area contributed by atoms with E-state index in [1.165, 1.54) is 42.0 Å². The molecule has 0 saturated carbocycles. The number of benzene rings is 3. The molecule has 0 atom stereocenters. The van der Waals surface area contributed by atoms with Crippen LogP contribution in [0.1, 0.15) is 11.1 Å². The van der Waals surface area contributed by atoms with Crippen LogP contribution in [0.3, 0.4) is 0 Å². The van der Waals surface area contributed by atoms with Crippen molar-refractivity contribution in [2.45, 2.75) is 13.8 Å². The normalized spacial score (nSPS) is 14.3. The average molecular weight is 355 g/mol. The van der Waals surface area contributed by atoms with E-state index in [1.54, 1.807) is 0 Å². The summed E-state index contributed by atoms with van der Waals surface area (Å²) in [6.45, 7) is 4.33. The second-order valence-electron chi connectivity index (χ2n) is 5.44. The van der Waals surface area contributed by atoms with Crippen LogP contribution in [-0.2, 0) is 0 Å². The summed E-state index contributed by atoms with van der Waals surface area (Å²) in [6, 6.07) is 17.3. The third-order valence-corrected chi connectivity index (χ3v) is 7.31. The van der Waals surface area contributed by atoms with Gasteiger partial charge in [-0.3, -0.25) is 0 Å². The molecule has 1 aliphatic rings. The molecule has 103 valence electrons. The quantitative estimate of drug-likeness (QED) is 0.439. The molecule has 1 radical (unpaired) electrons. The van der Waals surface area contributed by atoms with E-state index < -0.39 is 0 Å². The second-order valence-corrected chi connectivity index (χ2v) is 8.20. The van der Waals surface area contributed by atoms with Crippen LogP contribution in [0.15, 0.2) is 48.5 Å². The Morgan fingerprint density at radius 1 is 0.857 bits per heavy atom. The van der Waals surface area contributed by atoms with Gasteiger partial charge in [0.2, 0.25) is 0 Å². The molecule has 0 N–H and O–H groups in total. The fraction of sp³-hybridized carbons (Fsp3) is 0.111. The van der Waals surface area contributed by atoms with Gasteiger partial charge < -0.3 is 0 Å². The van der Waals surface area contributed by atoms with Gasteiger partial charge in [-0.1, -0.05) is 0 Å². The van der Waals surface area contributed by atoms with Crippen molar-refractivity contribution in [3.05, 3.63) is 59.7 Å². The molecule has 1 aliphatic heterocycles. The van der Waals surface area contributed by atoms with Crippen LogP contribution in [-0.4, -0.2) is 15.8 Å². The van der Waals surface area contributed by atoms with Crippen molar-refractivity contribution < 1.29 is 0 Å². The first-order chi connectivity index (χ1) is 10.2. The van der Waals surface area contributed by atoms with E-state index in [1.807, 2.05) is 4.42 Å². The number of halogens is 1. The summed E-state index contributed by atoms with van der Waals surface area (Å²) in [5.74, 6) is 0. The van der Waals surface area contributed by atoms with Crippen molar-refractivity contribution in [2.24, 2.45) is 0 Å². The van der Waals surface area contributed by atoms with Crippen molar-refractivity contribution in [3.8, 4) is 0 Å². The van der Waals surface area contributed by atoms with Gasteiger partial charge in [0.1, 0.15) is 0 Å². The molecule has 21 heavy (non-hydrogen) atoms. The number of hydrogen-bond donors (Lipinski definition) is 0. The molecule has 1 heterocycles. The van der Waals surface area contributed by atoms with Crippen LogP contribution in [0.5, 0.6) is 0 Å². The Kier molecular flexibility index (Phi) is 3.03. The summed E-state index contributed by atoms with van der Waals surface area (Å²) >= 11 is 6.76. The van der Waals surface area contributed by atoms with Crippen molar-refractivity contribution in [2.75, 3.05) is 4.42 Å². The molecule has 0 aliphatic carbocycles.